The Labute approximate surface area is 88.4 Å². The van der Waals surface area contributed by atoms with Gasteiger partial charge >= 0.3 is 0 Å². The molecule has 4 nitrogen and oxygen atoms in total. The van der Waals surface area contributed by atoms with E-state index in [1.807, 2.05) is 42.9 Å². The van der Waals surface area contributed by atoms with E-state index in [0.717, 1.165) is 16.7 Å². The largest absolute Gasteiger partial charge is 0.376 e. The number of fused-ring (bicyclic) bond motifs is 1. The highest BCUT2D eigenvalue weighted by Crippen LogP contribution is 2.26. The molecule has 76 valence electrons. The second-order valence-corrected chi connectivity index (χ2v) is 3.69. The lowest BCUT2D eigenvalue weighted by Crippen LogP contribution is -2.10. The normalized spacial score (nSPS) is 10.3. The molecule has 0 unspecified atom stereocenters. The van der Waals surface area contributed by atoms with Crippen LogP contribution in [0, 0.1) is 11.3 Å². The monoisotopic (exact) mass is 200 g/mol. The first-order valence-electron chi connectivity index (χ1n) is 4.66. The summed E-state index contributed by atoms with van der Waals surface area (Å²) in [6.07, 6.45) is 3.54. The zero-order valence-corrected chi connectivity index (χ0v) is 9.02. The first kappa shape index (κ1) is 9.53. The van der Waals surface area contributed by atoms with Crippen LogP contribution in [0.15, 0.2) is 18.5 Å². The minimum Gasteiger partial charge on any atom is -0.376 e. The number of nitriles is 1. The van der Waals surface area contributed by atoms with E-state index >= 15 is 0 Å². The van der Waals surface area contributed by atoms with E-state index in [2.05, 4.69) is 11.1 Å². The van der Waals surface area contributed by atoms with Crippen LogP contribution in [0.4, 0.5) is 5.69 Å². The van der Waals surface area contributed by atoms with Gasteiger partial charge in [-0.1, -0.05) is 0 Å². The van der Waals surface area contributed by atoms with Crippen molar-refractivity contribution in [1.29, 1.82) is 5.26 Å². The van der Waals surface area contributed by atoms with Crippen LogP contribution in [0.3, 0.4) is 0 Å². The molecule has 0 amide bonds. The average molecular weight is 200 g/mol. The minimum absolute atomic E-state index is 0.621. The van der Waals surface area contributed by atoms with Crippen molar-refractivity contribution < 1.29 is 0 Å². The number of hydrogen-bond acceptors (Lipinski definition) is 3. The standard InChI is InChI=1S/C11H12N4/c1-14(2)9-4-5-13-10-8(6-12)7-15(3)11(9)10/h4-5,7H,1-3H3. The van der Waals surface area contributed by atoms with Crippen LogP contribution in [0.1, 0.15) is 5.56 Å². The molecular formula is C11H12N4. The number of aryl methyl sites for hydroxylation is 1. The van der Waals surface area contributed by atoms with Gasteiger partial charge in [-0.15, -0.1) is 0 Å². The predicted octanol–water partition coefficient (Wildman–Crippen LogP) is 1.51. The van der Waals surface area contributed by atoms with Crippen molar-refractivity contribution in [2.24, 2.45) is 7.05 Å². The maximum atomic E-state index is 8.96. The highest BCUT2D eigenvalue weighted by Gasteiger charge is 2.11. The second-order valence-electron chi connectivity index (χ2n) is 3.69. The predicted molar refractivity (Wildman–Crippen MR) is 59.8 cm³/mol. The lowest BCUT2D eigenvalue weighted by Gasteiger charge is -2.14. The Balaban J connectivity index is 2.87. The molecule has 0 aliphatic heterocycles. The lowest BCUT2D eigenvalue weighted by atomic mass is 10.2. The fourth-order valence-corrected chi connectivity index (χ4v) is 1.75. The smallest absolute Gasteiger partial charge is 0.108 e. The Morgan fingerprint density at radius 2 is 2.20 bits per heavy atom. The fourth-order valence-electron chi connectivity index (χ4n) is 1.75. The van der Waals surface area contributed by atoms with Gasteiger partial charge in [-0.3, -0.25) is 4.98 Å². The van der Waals surface area contributed by atoms with Crippen molar-refractivity contribution in [2.75, 3.05) is 19.0 Å². The molecule has 2 rings (SSSR count). The Kier molecular flexibility index (Phi) is 2.09. The van der Waals surface area contributed by atoms with Gasteiger partial charge in [0.15, 0.2) is 0 Å². The van der Waals surface area contributed by atoms with E-state index in [9.17, 15) is 0 Å². The van der Waals surface area contributed by atoms with Crippen molar-refractivity contribution in [3.63, 3.8) is 0 Å². The maximum Gasteiger partial charge on any atom is 0.108 e. The molecule has 0 bridgehead atoms. The summed E-state index contributed by atoms with van der Waals surface area (Å²) in [6, 6.07) is 4.10. The van der Waals surface area contributed by atoms with Crippen LogP contribution in [-0.2, 0) is 7.05 Å². The van der Waals surface area contributed by atoms with E-state index in [0.29, 0.717) is 5.56 Å². The summed E-state index contributed by atoms with van der Waals surface area (Å²) in [5.41, 5.74) is 3.46. The molecule has 4 heteroatoms. The molecule has 0 saturated heterocycles. The molecule has 2 aromatic heterocycles. The lowest BCUT2D eigenvalue weighted by molar-refractivity contribution is 0.959. The molecule has 0 atom stereocenters. The first-order chi connectivity index (χ1) is 7.15. The molecule has 0 radical (unpaired) electrons. The highest BCUT2D eigenvalue weighted by atomic mass is 15.1. The molecule has 0 aromatic carbocycles. The van der Waals surface area contributed by atoms with Crippen molar-refractivity contribution >= 4 is 16.7 Å². The summed E-state index contributed by atoms with van der Waals surface area (Å²) in [5, 5.41) is 8.96. The van der Waals surface area contributed by atoms with E-state index < -0.39 is 0 Å². The van der Waals surface area contributed by atoms with E-state index in [1.165, 1.54) is 0 Å². The molecule has 2 heterocycles. The van der Waals surface area contributed by atoms with Crippen LogP contribution in [0.5, 0.6) is 0 Å². The van der Waals surface area contributed by atoms with Gasteiger partial charge in [0.05, 0.1) is 16.8 Å². The average Bonchev–Trinajstić information content (AvgIpc) is 2.55. The van der Waals surface area contributed by atoms with Gasteiger partial charge in [0.25, 0.3) is 0 Å². The molecule has 0 fully saturated rings. The van der Waals surface area contributed by atoms with Gasteiger partial charge < -0.3 is 9.47 Å². The number of aromatic nitrogens is 2. The summed E-state index contributed by atoms with van der Waals surface area (Å²) in [7, 11) is 5.89. The van der Waals surface area contributed by atoms with Crippen LogP contribution in [0.25, 0.3) is 11.0 Å². The van der Waals surface area contributed by atoms with Crippen LogP contribution < -0.4 is 4.90 Å². The van der Waals surface area contributed by atoms with Gasteiger partial charge in [-0.05, 0) is 6.07 Å². The van der Waals surface area contributed by atoms with Crippen LogP contribution >= 0.6 is 0 Å². The number of anilines is 1. The summed E-state index contributed by atoms with van der Waals surface area (Å²) < 4.78 is 1.94. The summed E-state index contributed by atoms with van der Waals surface area (Å²) in [6.45, 7) is 0. The fraction of sp³-hybridized carbons (Fsp3) is 0.273. The Hall–Kier alpha value is -2.02. The third-order valence-electron chi connectivity index (χ3n) is 2.44. The molecule has 0 saturated carbocycles. The summed E-state index contributed by atoms with van der Waals surface area (Å²) >= 11 is 0. The molecule has 15 heavy (non-hydrogen) atoms. The topological polar surface area (TPSA) is 44.9 Å². The van der Waals surface area contributed by atoms with Crippen LogP contribution in [0.2, 0.25) is 0 Å². The van der Waals surface area contributed by atoms with E-state index in [4.69, 9.17) is 5.26 Å². The summed E-state index contributed by atoms with van der Waals surface area (Å²) in [5.74, 6) is 0. The SMILES string of the molecule is CN(C)c1ccnc2c(C#N)cn(C)c12. The molecule has 0 aliphatic carbocycles. The molecule has 0 aliphatic rings. The number of rotatable bonds is 1. The molecule has 0 N–H and O–H groups in total. The van der Waals surface area contributed by atoms with Crippen LogP contribution in [-0.4, -0.2) is 23.6 Å². The van der Waals surface area contributed by atoms with E-state index in [1.54, 1.807) is 6.20 Å². The van der Waals surface area contributed by atoms with Gasteiger partial charge in [-0.25, -0.2) is 0 Å². The first-order valence-corrected chi connectivity index (χ1v) is 4.66. The maximum absolute atomic E-state index is 8.96. The Morgan fingerprint density at radius 3 is 2.80 bits per heavy atom. The highest BCUT2D eigenvalue weighted by molar-refractivity contribution is 5.92. The number of pyridine rings is 1. The number of nitrogens with zero attached hydrogens (tertiary/aromatic N) is 4. The molecular weight excluding hydrogens is 188 g/mol. The van der Waals surface area contributed by atoms with Gasteiger partial charge in [-0.2, -0.15) is 5.26 Å². The van der Waals surface area contributed by atoms with Crippen molar-refractivity contribution in [3.8, 4) is 6.07 Å². The van der Waals surface area contributed by atoms with Gasteiger partial charge in [0.1, 0.15) is 11.6 Å². The van der Waals surface area contributed by atoms with Gasteiger partial charge in [0, 0.05) is 33.5 Å². The summed E-state index contributed by atoms with van der Waals surface area (Å²) in [4.78, 5) is 6.26. The zero-order chi connectivity index (χ0) is 11.0. The third-order valence-corrected chi connectivity index (χ3v) is 2.44. The van der Waals surface area contributed by atoms with Gasteiger partial charge in [0.2, 0.25) is 0 Å². The van der Waals surface area contributed by atoms with E-state index in [-0.39, 0.29) is 0 Å². The van der Waals surface area contributed by atoms with Crippen molar-refractivity contribution in [2.45, 2.75) is 0 Å². The second kappa shape index (κ2) is 3.28. The van der Waals surface area contributed by atoms with Crippen molar-refractivity contribution in [1.82, 2.24) is 9.55 Å². The number of hydrogen-bond donors (Lipinski definition) is 0. The third kappa shape index (κ3) is 1.33. The minimum atomic E-state index is 0.621. The Bertz CT molecular complexity index is 545. The van der Waals surface area contributed by atoms with Crippen molar-refractivity contribution in [3.05, 3.63) is 24.0 Å². The quantitative estimate of drug-likeness (QED) is 0.701. The molecule has 2 aromatic rings. The Morgan fingerprint density at radius 1 is 1.47 bits per heavy atom. The molecule has 0 spiro atoms. The zero-order valence-electron chi connectivity index (χ0n) is 9.02.